The number of hydrogen-bond acceptors (Lipinski definition) is 3. The topological polar surface area (TPSA) is 43.9 Å². The molecule has 0 saturated carbocycles. The lowest BCUT2D eigenvalue weighted by Gasteiger charge is -2.37. The minimum Gasteiger partial charge on any atom is -0.330 e. The summed E-state index contributed by atoms with van der Waals surface area (Å²) in [6, 6.07) is 18.9. The van der Waals surface area contributed by atoms with Crippen molar-refractivity contribution in [2.45, 2.75) is 6.04 Å². The first-order chi connectivity index (χ1) is 12.1. The second-order valence-electron chi connectivity index (χ2n) is 6.42. The third kappa shape index (κ3) is 3.72. The van der Waals surface area contributed by atoms with Crippen LogP contribution in [0.3, 0.4) is 0 Å². The van der Waals surface area contributed by atoms with E-state index >= 15 is 0 Å². The summed E-state index contributed by atoms with van der Waals surface area (Å²) in [7, 11) is 3.77. The third-order valence-corrected chi connectivity index (χ3v) is 4.47. The van der Waals surface area contributed by atoms with Gasteiger partial charge in [-0.1, -0.05) is 48.5 Å². The van der Waals surface area contributed by atoms with Gasteiger partial charge in [-0.3, -0.25) is 14.5 Å². The zero-order valence-electron chi connectivity index (χ0n) is 14.6. The summed E-state index contributed by atoms with van der Waals surface area (Å²) in [6.45, 7) is 1.17. The largest absolute Gasteiger partial charge is 0.330 e. The molecule has 1 aliphatic heterocycles. The molecule has 0 radical (unpaired) electrons. The molecule has 0 aromatic heterocycles. The lowest BCUT2D eigenvalue weighted by Crippen LogP contribution is -2.54. The Morgan fingerprint density at radius 3 is 2.12 bits per heavy atom. The van der Waals surface area contributed by atoms with Crippen LogP contribution in [-0.2, 0) is 9.59 Å². The molecule has 0 spiro atoms. The molecule has 0 bridgehead atoms. The number of likely N-dealkylation sites (N-methyl/N-ethyl adjacent to an activating group) is 1. The Labute approximate surface area is 148 Å². The Morgan fingerprint density at radius 1 is 0.960 bits per heavy atom. The number of benzene rings is 2. The van der Waals surface area contributed by atoms with E-state index in [-0.39, 0.29) is 24.4 Å². The van der Waals surface area contributed by atoms with Gasteiger partial charge in [0.25, 0.3) is 0 Å². The van der Waals surface area contributed by atoms with Crippen molar-refractivity contribution in [3.05, 3.63) is 66.2 Å². The van der Waals surface area contributed by atoms with Crippen molar-refractivity contribution in [1.29, 1.82) is 0 Å². The summed E-state index contributed by atoms with van der Waals surface area (Å²) < 4.78 is 0. The normalized spacial score (nSPS) is 16.2. The first kappa shape index (κ1) is 17.2. The van der Waals surface area contributed by atoms with Crippen LogP contribution in [0.5, 0.6) is 0 Å². The fourth-order valence-electron chi connectivity index (χ4n) is 3.21. The Balaban J connectivity index is 1.74. The van der Waals surface area contributed by atoms with Gasteiger partial charge in [-0.15, -0.1) is 0 Å². The maximum absolute atomic E-state index is 13.0. The lowest BCUT2D eigenvalue weighted by molar-refractivity contribution is -0.141. The van der Waals surface area contributed by atoms with Gasteiger partial charge in [0.2, 0.25) is 11.8 Å². The molecule has 1 saturated heterocycles. The van der Waals surface area contributed by atoms with Gasteiger partial charge >= 0.3 is 0 Å². The number of anilines is 1. The number of rotatable bonds is 4. The Kier molecular flexibility index (Phi) is 5.14. The quantitative estimate of drug-likeness (QED) is 0.859. The standard InChI is InChI=1S/C20H23N3O2/c1-21(2)19(16-9-5-3-6-10-16)20(25)22-13-14-23(18(24)15-22)17-11-7-4-8-12-17/h3-12,19H,13-15H2,1-2H3. The second kappa shape index (κ2) is 7.49. The maximum Gasteiger partial charge on any atom is 0.246 e. The molecule has 2 amide bonds. The van der Waals surface area contributed by atoms with Crippen molar-refractivity contribution < 1.29 is 9.59 Å². The highest BCUT2D eigenvalue weighted by atomic mass is 16.2. The monoisotopic (exact) mass is 337 g/mol. The fraction of sp³-hybridized carbons (Fsp3) is 0.300. The summed E-state index contributed by atoms with van der Waals surface area (Å²) in [5, 5.41) is 0. The van der Waals surface area contributed by atoms with Gasteiger partial charge in [0, 0.05) is 18.8 Å². The number of para-hydroxylation sites is 1. The summed E-state index contributed by atoms with van der Waals surface area (Å²) in [5.74, 6) is -0.0753. The van der Waals surface area contributed by atoms with Crippen molar-refractivity contribution in [2.75, 3.05) is 38.6 Å². The molecule has 25 heavy (non-hydrogen) atoms. The number of hydrogen-bond donors (Lipinski definition) is 0. The lowest BCUT2D eigenvalue weighted by atomic mass is 10.0. The van der Waals surface area contributed by atoms with E-state index in [2.05, 4.69) is 0 Å². The molecule has 130 valence electrons. The van der Waals surface area contributed by atoms with E-state index < -0.39 is 0 Å². The molecule has 3 rings (SSSR count). The van der Waals surface area contributed by atoms with Crippen LogP contribution in [0.1, 0.15) is 11.6 Å². The maximum atomic E-state index is 13.0. The van der Waals surface area contributed by atoms with Crippen molar-refractivity contribution in [2.24, 2.45) is 0 Å². The zero-order chi connectivity index (χ0) is 17.8. The first-order valence-electron chi connectivity index (χ1n) is 8.43. The first-order valence-corrected chi connectivity index (χ1v) is 8.43. The third-order valence-electron chi connectivity index (χ3n) is 4.47. The average Bonchev–Trinajstić information content (AvgIpc) is 2.63. The predicted octanol–water partition coefficient (Wildman–Crippen LogP) is 2.16. The van der Waals surface area contributed by atoms with Gasteiger partial charge in [0.1, 0.15) is 12.6 Å². The average molecular weight is 337 g/mol. The molecule has 2 aromatic carbocycles. The number of piperazine rings is 1. The van der Waals surface area contributed by atoms with Gasteiger partial charge in [-0.25, -0.2) is 0 Å². The molecule has 5 heteroatoms. The van der Waals surface area contributed by atoms with Gasteiger partial charge in [0.05, 0.1) is 0 Å². The van der Waals surface area contributed by atoms with Crippen LogP contribution in [0.2, 0.25) is 0 Å². The molecule has 0 aliphatic carbocycles. The van der Waals surface area contributed by atoms with Gasteiger partial charge in [0.15, 0.2) is 0 Å². The van der Waals surface area contributed by atoms with E-state index in [9.17, 15) is 9.59 Å². The number of carbonyl (C=O) groups is 2. The van der Waals surface area contributed by atoms with Crippen LogP contribution in [0.25, 0.3) is 0 Å². The van der Waals surface area contributed by atoms with Crippen LogP contribution >= 0.6 is 0 Å². The molecular formula is C20H23N3O2. The highest BCUT2D eigenvalue weighted by Crippen LogP contribution is 2.23. The Bertz CT molecular complexity index is 731. The second-order valence-corrected chi connectivity index (χ2v) is 6.42. The van der Waals surface area contributed by atoms with Crippen LogP contribution < -0.4 is 4.90 Å². The van der Waals surface area contributed by atoms with E-state index in [0.29, 0.717) is 13.1 Å². The summed E-state index contributed by atoms with van der Waals surface area (Å²) >= 11 is 0. The molecule has 1 atom stereocenters. The molecule has 0 N–H and O–H groups in total. The van der Waals surface area contributed by atoms with Crippen LogP contribution in [-0.4, -0.2) is 55.3 Å². The van der Waals surface area contributed by atoms with Crippen molar-refractivity contribution in [3.8, 4) is 0 Å². The highest BCUT2D eigenvalue weighted by molar-refractivity contribution is 5.98. The molecular weight excluding hydrogens is 314 g/mol. The minimum absolute atomic E-state index is 0.0303. The SMILES string of the molecule is CN(C)C(C(=O)N1CCN(c2ccccc2)C(=O)C1)c1ccccc1. The fourth-order valence-corrected chi connectivity index (χ4v) is 3.21. The summed E-state index contributed by atoms with van der Waals surface area (Å²) in [5.41, 5.74) is 1.82. The van der Waals surface area contributed by atoms with Crippen LogP contribution in [0.4, 0.5) is 5.69 Å². The summed E-state index contributed by atoms with van der Waals surface area (Å²) in [4.78, 5) is 30.9. The zero-order valence-corrected chi connectivity index (χ0v) is 14.6. The van der Waals surface area contributed by atoms with E-state index in [0.717, 1.165) is 11.3 Å². The number of amides is 2. The van der Waals surface area contributed by atoms with Crippen molar-refractivity contribution >= 4 is 17.5 Å². The van der Waals surface area contributed by atoms with Crippen molar-refractivity contribution in [3.63, 3.8) is 0 Å². The van der Waals surface area contributed by atoms with E-state index in [1.54, 1.807) is 9.80 Å². The molecule has 2 aromatic rings. The number of carbonyl (C=O) groups excluding carboxylic acids is 2. The van der Waals surface area contributed by atoms with E-state index in [1.165, 1.54) is 0 Å². The summed E-state index contributed by atoms with van der Waals surface area (Å²) in [6.07, 6.45) is 0. The highest BCUT2D eigenvalue weighted by Gasteiger charge is 2.33. The Morgan fingerprint density at radius 2 is 1.56 bits per heavy atom. The van der Waals surface area contributed by atoms with Gasteiger partial charge < -0.3 is 9.80 Å². The molecule has 5 nitrogen and oxygen atoms in total. The van der Waals surface area contributed by atoms with Gasteiger partial charge in [-0.2, -0.15) is 0 Å². The van der Waals surface area contributed by atoms with Crippen LogP contribution in [0, 0.1) is 0 Å². The van der Waals surface area contributed by atoms with Crippen molar-refractivity contribution in [1.82, 2.24) is 9.80 Å². The predicted molar refractivity (Wildman–Crippen MR) is 98.2 cm³/mol. The van der Waals surface area contributed by atoms with Crippen LogP contribution in [0.15, 0.2) is 60.7 Å². The molecule has 1 heterocycles. The van der Waals surface area contributed by atoms with E-state index in [1.807, 2.05) is 79.7 Å². The van der Waals surface area contributed by atoms with E-state index in [4.69, 9.17) is 0 Å². The Hall–Kier alpha value is -2.66. The molecule has 1 unspecified atom stereocenters. The molecule has 1 aliphatic rings. The minimum atomic E-state index is -0.378. The number of nitrogens with zero attached hydrogens (tertiary/aromatic N) is 3. The van der Waals surface area contributed by atoms with Gasteiger partial charge in [-0.05, 0) is 31.8 Å². The molecule has 1 fully saturated rings. The smallest absolute Gasteiger partial charge is 0.246 e.